The Balaban J connectivity index is 1.58. The fraction of sp³-hybridized carbons (Fsp3) is 0.0952. The van der Waals surface area contributed by atoms with Crippen molar-refractivity contribution in [3.05, 3.63) is 78.5 Å². The number of benzene rings is 2. The molecule has 4 rings (SSSR count). The highest BCUT2D eigenvalue weighted by molar-refractivity contribution is 6.06. The van der Waals surface area contributed by atoms with Gasteiger partial charge in [0.2, 0.25) is 0 Å². The minimum Gasteiger partial charge on any atom is -0.497 e. The molecule has 0 radical (unpaired) electrons. The molecule has 27 heavy (non-hydrogen) atoms. The monoisotopic (exact) mass is 358 g/mol. The van der Waals surface area contributed by atoms with Crippen molar-refractivity contribution in [3.8, 4) is 11.4 Å². The van der Waals surface area contributed by atoms with Gasteiger partial charge in [0.05, 0.1) is 30.2 Å². The summed E-state index contributed by atoms with van der Waals surface area (Å²) in [6.45, 7) is 1.83. The van der Waals surface area contributed by atoms with Crippen molar-refractivity contribution in [2.75, 3.05) is 12.4 Å². The molecule has 0 fully saturated rings. The van der Waals surface area contributed by atoms with E-state index in [2.05, 4.69) is 15.3 Å². The number of carbonyl (C=O) groups is 1. The number of nitrogens with one attached hydrogen (secondary N) is 1. The Kier molecular flexibility index (Phi) is 4.30. The molecule has 2 aromatic carbocycles. The first-order valence-electron chi connectivity index (χ1n) is 8.49. The molecule has 0 bridgehead atoms. The van der Waals surface area contributed by atoms with E-state index in [-0.39, 0.29) is 5.91 Å². The number of rotatable bonds is 4. The number of carbonyl (C=O) groups excluding carboxylic acids is 1. The maximum absolute atomic E-state index is 12.7. The molecule has 6 nitrogen and oxygen atoms in total. The third kappa shape index (κ3) is 3.37. The van der Waals surface area contributed by atoms with E-state index in [1.165, 1.54) is 0 Å². The lowest BCUT2D eigenvalue weighted by Crippen LogP contribution is -2.14. The Bertz CT molecular complexity index is 1100. The summed E-state index contributed by atoms with van der Waals surface area (Å²) in [6.07, 6.45) is 5.32. The number of anilines is 1. The number of fused-ring (bicyclic) bond motifs is 1. The minimum atomic E-state index is -0.187. The van der Waals surface area contributed by atoms with Crippen LogP contribution >= 0.6 is 0 Å². The number of nitrogens with zero attached hydrogens (tertiary/aromatic N) is 3. The first-order valence-corrected chi connectivity index (χ1v) is 8.49. The average Bonchev–Trinajstić information content (AvgIpc) is 3.22. The molecular formula is C21H18N4O2. The standard InChI is InChI=1S/C21H18N4O2/c1-14-19(11-15-3-8-18(27-2)12-20(15)23-14)21(26)24-16-4-6-17(7-5-16)25-10-9-22-13-25/h3-13H,1-2H3,(H,24,26). The topological polar surface area (TPSA) is 69.0 Å². The van der Waals surface area contributed by atoms with E-state index in [9.17, 15) is 4.79 Å². The van der Waals surface area contributed by atoms with Gasteiger partial charge in [-0.3, -0.25) is 9.78 Å². The number of methoxy groups -OCH3 is 1. The number of hydrogen-bond donors (Lipinski definition) is 1. The second-order valence-electron chi connectivity index (χ2n) is 6.15. The Morgan fingerprint density at radius 3 is 2.63 bits per heavy atom. The maximum atomic E-state index is 12.7. The molecule has 0 aliphatic heterocycles. The van der Waals surface area contributed by atoms with Crippen molar-refractivity contribution in [1.82, 2.24) is 14.5 Å². The molecule has 0 atom stereocenters. The van der Waals surface area contributed by atoms with Gasteiger partial charge in [0.15, 0.2) is 0 Å². The second kappa shape index (κ2) is 6.92. The molecule has 0 saturated carbocycles. The largest absolute Gasteiger partial charge is 0.497 e. The quantitative estimate of drug-likeness (QED) is 0.599. The third-order valence-corrected chi connectivity index (χ3v) is 4.39. The predicted molar refractivity (Wildman–Crippen MR) is 105 cm³/mol. The summed E-state index contributed by atoms with van der Waals surface area (Å²) < 4.78 is 7.13. The molecular weight excluding hydrogens is 340 g/mol. The molecule has 0 saturated heterocycles. The number of ether oxygens (including phenoxy) is 1. The maximum Gasteiger partial charge on any atom is 0.257 e. The lowest BCUT2D eigenvalue weighted by molar-refractivity contribution is 0.102. The Morgan fingerprint density at radius 1 is 1.11 bits per heavy atom. The van der Waals surface area contributed by atoms with Crippen LogP contribution in [0.15, 0.2) is 67.3 Å². The Labute approximate surface area is 156 Å². The van der Waals surface area contributed by atoms with Crippen LogP contribution < -0.4 is 10.1 Å². The van der Waals surface area contributed by atoms with Crippen LogP contribution in [0, 0.1) is 6.92 Å². The van der Waals surface area contributed by atoms with E-state index in [0.29, 0.717) is 11.3 Å². The Hall–Kier alpha value is -3.67. The number of aromatic nitrogens is 3. The van der Waals surface area contributed by atoms with Crippen LogP contribution in [-0.2, 0) is 0 Å². The van der Waals surface area contributed by atoms with Gasteiger partial charge < -0.3 is 14.6 Å². The highest BCUT2D eigenvalue weighted by Crippen LogP contribution is 2.22. The van der Waals surface area contributed by atoms with Gasteiger partial charge in [0.25, 0.3) is 5.91 Å². The first-order chi connectivity index (χ1) is 13.1. The van der Waals surface area contributed by atoms with Crippen LogP contribution in [0.4, 0.5) is 5.69 Å². The Morgan fingerprint density at radius 2 is 1.93 bits per heavy atom. The molecule has 1 amide bonds. The van der Waals surface area contributed by atoms with Gasteiger partial charge in [0, 0.05) is 35.2 Å². The van der Waals surface area contributed by atoms with E-state index in [0.717, 1.165) is 28.0 Å². The zero-order valence-corrected chi connectivity index (χ0v) is 15.0. The van der Waals surface area contributed by atoms with Crippen LogP contribution in [0.25, 0.3) is 16.6 Å². The van der Waals surface area contributed by atoms with Crippen molar-refractivity contribution in [2.24, 2.45) is 0 Å². The van der Waals surface area contributed by atoms with E-state index < -0.39 is 0 Å². The van der Waals surface area contributed by atoms with Crippen molar-refractivity contribution in [3.63, 3.8) is 0 Å². The van der Waals surface area contributed by atoms with E-state index in [1.54, 1.807) is 19.6 Å². The normalized spacial score (nSPS) is 10.7. The fourth-order valence-corrected chi connectivity index (χ4v) is 2.93. The van der Waals surface area contributed by atoms with Crippen LogP contribution in [0.1, 0.15) is 16.1 Å². The first kappa shape index (κ1) is 16.8. The van der Waals surface area contributed by atoms with E-state index >= 15 is 0 Å². The molecule has 1 N–H and O–H groups in total. The fourth-order valence-electron chi connectivity index (χ4n) is 2.93. The van der Waals surface area contributed by atoms with Crippen LogP contribution in [0.3, 0.4) is 0 Å². The number of pyridine rings is 1. The zero-order chi connectivity index (χ0) is 18.8. The molecule has 0 unspecified atom stereocenters. The van der Waals surface area contributed by atoms with Crippen LogP contribution in [-0.4, -0.2) is 27.6 Å². The minimum absolute atomic E-state index is 0.187. The van der Waals surface area contributed by atoms with Gasteiger partial charge in [-0.1, -0.05) is 0 Å². The smallest absolute Gasteiger partial charge is 0.257 e. The van der Waals surface area contributed by atoms with Gasteiger partial charge >= 0.3 is 0 Å². The molecule has 0 aliphatic carbocycles. The molecule has 2 aromatic heterocycles. The predicted octanol–water partition coefficient (Wildman–Crippen LogP) is 3.99. The van der Waals surface area contributed by atoms with Gasteiger partial charge in [0.1, 0.15) is 5.75 Å². The van der Waals surface area contributed by atoms with Gasteiger partial charge in [-0.05, 0) is 49.4 Å². The number of aryl methyl sites for hydroxylation is 1. The van der Waals surface area contributed by atoms with E-state index in [4.69, 9.17) is 4.74 Å². The summed E-state index contributed by atoms with van der Waals surface area (Å²) in [5, 5.41) is 3.82. The van der Waals surface area contributed by atoms with Gasteiger partial charge in [-0.2, -0.15) is 0 Å². The average molecular weight is 358 g/mol. The number of hydrogen-bond acceptors (Lipinski definition) is 4. The third-order valence-electron chi connectivity index (χ3n) is 4.39. The lowest BCUT2D eigenvalue weighted by Gasteiger charge is -2.10. The van der Waals surface area contributed by atoms with Gasteiger partial charge in [-0.15, -0.1) is 0 Å². The lowest BCUT2D eigenvalue weighted by atomic mass is 10.1. The molecule has 6 heteroatoms. The molecule has 4 aromatic rings. The van der Waals surface area contributed by atoms with Crippen molar-refractivity contribution in [1.29, 1.82) is 0 Å². The van der Waals surface area contributed by atoms with Crippen molar-refractivity contribution in [2.45, 2.75) is 6.92 Å². The summed E-state index contributed by atoms with van der Waals surface area (Å²) in [5.74, 6) is 0.553. The summed E-state index contributed by atoms with van der Waals surface area (Å²) in [7, 11) is 1.62. The summed E-state index contributed by atoms with van der Waals surface area (Å²) in [5.41, 5.74) is 3.71. The molecule has 134 valence electrons. The SMILES string of the molecule is COc1ccc2cc(C(=O)Nc3ccc(-n4ccnc4)cc3)c(C)nc2c1. The summed E-state index contributed by atoms with van der Waals surface area (Å²) >= 11 is 0. The van der Waals surface area contributed by atoms with Crippen molar-refractivity contribution >= 4 is 22.5 Å². The number of amides is 1. The van der Waals surface area contributed by atoms with Crippen LogP contribution in [0.5, 0.6) is 5.75 Å². The number of imidazole rings is 1. The van der Waals surface area contributed by atoms with Gasteiger partial charge in [-0.25, -0.2) is 4.98 Å². The van der Waals surface area contributed by atoms with Crippen LogP contribution in [0.2, 0.25) is 0 Å². The van der Waals surface area contributed by atoms with Crippen molar-refractivity contribution < 1.29 is 9.53 Å². The summed E-state index contributed by atoms with van der Waals surface area (Å²) in [6, 6.07) is 15.0. The highest BCUT2D eigenvalue weighted by Gasteiger charge is 2.12. The molecule has 0 spiro atoms. The highest BCUT2D eigenvalue weighted by atomic mass is 16.5. The second-order valence-corrected chi connectivity index (χ2v) is 6.15. The zero-order valence-electron chi connectivity index (χ0n) is 15.0. The summed E-state index contributed by atoms with van der Waals surface area (Å²) in [4.78, 5) is 21.3. The molecule has 0 aliphatic rings. The van der Waals surface area contributed by atoms with E-state index in [1.807, 2.05) is 66.2 Å². The molecule has 2 heterocycles.